The van der Waals surface area contributed by atoms with Gasteiger partial charge < -0.3 is 10.2 Å². The molecule has 1 aromatic rings. The Morgan fingerprint density at radius 2 is 2.27 bits per heavy atom. The molecule has 1 fully saturated rings. The SMILES string of the molecule is CNCC1CCCN(C(=O)c2cc(F)cc(C)c2[N+](=O)[O-])C1. The van der Waals surface area contributed by atoms with Crippen LogP contribution in [0.1, 0.15) is 28.8 Å². The first-order valence-electron chi connectivity index (χ1n) is 7.32. The summed E-state index contributed by atoms with van der Waals surface area (Å²) >= 11 is 0. The molecule has 0 spiro atoms. The highest BCUT2D eigenvalue weighted by atomic mass is 19.1. The number of nitrogens with zero attached hydrogens (tertiary/aromatic N) is 2. The predicted octanol–water partition coefficient (Wildman–Crippen LogP) is 2.11. The average molecular weight is 309 g/mol. The Hall–Kier alpha value is -2.02. The van der Waals surface area contributed by atoms with Crippen LogP contribution in [0.15, 0.2) is 12.1 Å². The van der Waals surface area contributed by atoms with Crippen LogP contribution in [0.25, 0.3) is 0 Å². The second-order valence-electron chi connectivity index (χ2n) is 5.69. The van der Waals surface area contributed by atoms with Crippen LogP contribution >= 0.6 is 0 Å². The molecule has 1 atom stereocenters. The van der Waals surface area contributed by atoms with Crippen molar-refractivity contribution in [1.82, 2.24) is 10.2 Å². The fourth-order valence-corrected chi connectivity index (χ4v) is 3.02. The van der Waals surface area contributed by atoms with E-state index < -0.39 is 16.6 Å². The lowest BCUT2D eigenvalue weighted by molar-refractivity contribution is -0.385. The highest BCUT2D eigenvalue weighted by Gasteiger charge is 2.30. The molecular formula is C15H20FN3O3. The number of piperidine rings is 1. The number of rotatable bonds is 4. The maximum Gasteiger partial charge on any atom is 0.285 e. The van der Waals surface area contributed by atoms with Crippen LogP contribution in [0, 0.1) is 28.8 Å². The number of nitrogens with one attached hydrogen (secondary N) is 1. The van der Waals surface area contributed by atoms with E-state index >= 15 is 0 Å². The average Bonchev–Trinajstić information content (AvgIpc) is 2.45. The van der Waals surface area contributed by atoms with E-state index in [1.165, 1.54) is 6.92 Å². The van der Waals surface area contributed by atoms with Gasteiger partial charge in [0.25, 0.3) is 11.6 Å². The van der Waals surface area contributed by atoms with Crippen molar-refractivity contribution in [1.29, 1.82) is 0 Å². The second kappa shape index (κ2) is 6.83. The van der Waals surface area contributed by atoms with Crippen molar-refractivity contribution in [3.8, 4) is 0 Å². The summed E-state index contributed by atoms with van der Waals surface area (Å²) in [5, 5.41) is 14.3. The topological polar surface area (TPSA) is 75.5 Å². The van der Waals surface area contributed by atoms with Gasteiger partial charge in [0.05, 0.1) is 4.92 Å². The summed E-state index contributed by atoms with van der Waals surface area (Å²) in [5.74, 6) is -0.776. The Labute approximate surface area is 128 Å². The van der Waals surface area contributed by atoms with Gasteiger partial charge in [0, 0.05) is 18.7 Å². The molecule has 1 aliphatic heterocycles. The van der Waals surface area contributed by atoms with Crippen LogP contribution in [0.4, 0.5) is 10.1 Å². The number of halogens is 1. The lowest BCUT2D eigenvalue weighted by Crippen LogP contribution is -2.42. The normalized spacial score (nSPS) is 18.3. The Morgan fingerprint density at radius 1 is 1.55 bits per heavy atom. The van der Waals surface area contributed by atoms with E-state index in [-0.39, 0.29) is 16.8 Å². The molecule has 7 heteroatoms. The minimum absolute atomic E-state index is 0.160. The molecule has 22 heavy (non-hydrogen) atoms. The Balaban J connectivity index is 2.31. The summed E-state index contributed by atoms with van der Waals surface area (Å²) in [6.45, 7) is 3.31. The van der Waals surface area contributed by atoms with Crippen LogP contribution in [-0.2, 0) is 0 Å². The highest BCUT2D eigenvalue weighted by molar-refractivity contribution is 5.98. The van der Waals surface area contributed by atoms with Crippen molar-refractivity contribution < 1.29 is 14.1 Å². The third kappa shape index (κ3) is 3.41. The van der Waals surface area contributed by atoms with E-state index in [0.29, 0.717) is 19.0 Å². The third-order valence-electron chi connectivity index (χ3n) is 3.98. The Bertz CT molecular complexity index is 590. The van der Waals surface area contributed by atoms with Crippen LogP contribution in [0.2, 0.25) is 0 Å². The molecule has 1 saturated heterocycles. The number of carbonyl (C=O) groups is 1. The van der Waals surface area contributed by atoms with Crippen molar-refractivity contribution in [2.24, 2.45) is 5.92 Å². The van der Waals surface area contributed by atoms with Crippen molar-refractivity contribution >= 4 is 11.6 Å². The molecule has 1 aliphatic rings. The second-order valence-corrected chi connectivity index (χ2v) is 5.69. The molecule has 0 radical (unpaired) electrons. The van der Waals surface area contributed by atoms with Gasteiger partial charge in [-0.15, -0.1) is 0 Å². The number of carbonyl (C=O) groups excluding carboxylic acids is 1. The van der Waals surface area contributed by atoms with Crippen molar-refractivity contribution in [3.05, 3.63) is 39.2 Å². The maximum atomic E-state index is 13.6. The van der Waals surface area contributed by atoms with Crippen LogP contribution < -0.4 is 5.32 Å². The highest BCUT2D eigenvalue weighted by Crippen LogP contribution is 2.27. The van der Waals surface area contributed by atoms with Gasteiger partial charge in [0.2, 0.25) is 0 Å². The first-order valence-corrected chi connectivity index (χ1v) is 7.32. The fourth-order valence-electron chi connectivity index (χ4n) is 3.02. The largest absolute Gasteiger partial charge is 0.338 e. The van der Waals surface area contributed by atoms with E-state index in [1.807, 2.05) is 7.05 Å². The zero-order valence-electron chi connectivity index (χ0n) is 12.8. The summed E-state index contributed by atoms with van der Waals surface area (Å²) in [6.07, 6.45) is 1.86. The standard InChI is InChI=1S/C15H20FN3O3/c1-10-6-12(16)7-13(14(10)19(21)22)15(20)18-5-3-4-11(9-18)8-17-2/h6-7,11,17H,3-5,8-9H2,1-2H3. The molecule has 1 heterocycles. The molecule has 1 N–H and O–H groups in total. The van der Waals surface area contributed by atoms with Gasteiger partial charge in [-0.25, -0.2) is 4.39 Å². The predicted molar refractivity (Wildman–Crippen MR) is 80.3 cm³/mol. The van der Waals surface area contributed by atoms with Gasteiger partial charge in [-0.1, -0.05) is 0 Å². The van der Waals surface area contributed by atoms with Gasteiger partial charge in [-0.3, -0.25) is 14.9 Å². The lowest BCUT2D eigenvalue weighted by atomic mass is 9.97. The lowest BCUT2D eigenvalue weighted by Gasteiger charge is -2.32. The molecule has 0 saturated carbocycles. The quantitative estimate of drug-likeness (QED) is 0.683. The first kappa shape index (κ1) is 16.4. The van der Waals surface area contributed by atoms with E-state index in [1.54, 1.807) is 4.90 Å². The number of hydrogen-bond acceptors (Lipinski definition) is 4. The number of hydrogen-bond donors (Lipinski definition) is 1. The molecular weight excluding hydrogens is 289 g/mol. The molecule has 1 unspecified atom stereocenters. The van der Waals surface area contributed by atoms with E-state index in [0.717, 1.165) is 31.5 Å². The zero-order chi connectivity index (χ0) is 16.3. The molecule has 6 nitrogen and oxygen atoms in total. The molecule has 120 valence electrons. The minimum Gasteiger partial charge on any atom is -0.338 e. The van der Waals surface area contributed by atoms with Crippen molar-refractivity contribution in [2.75, 3.05) is 26.7 Å². The number of likely N-dealkylation sites (tertiary alicyclic amines) is 1. The van der Waals surface area contributed by atoms with Crippen LogP contribution in [0.3, 0.4) is 0 Å². The number of amides is 1. The van der Waals surface area contributed by atoms with E-state index in [4.69, 9.17) is 0 Å². The van der Waals surface area contributed by atoms with Gasteiger partial charge >= 0.3 is 0 Å². The summed E-state index contributed by atoms with van der Waals surface area (Å²) in [6, 6.07) is 2.05. The molecule has 0 aromatic heterocycles. The summed E-state index contributed by atoms with van der Waals surface area (Å²) < 4.78 is 13.6. The fraction of sp³-hybridized carbons (Fsp3) is 0.533. The number of nitro benzene ring substituents is 1. The minimum atomic E-state index is -0.629. The monoisotopic (exact) mass is 309 g/mol. The first-order chi connectivity index (χ1) is 10.4. The van der Waals surface area contributed by atoms with E-state index in [9.17, 15) is 19.3 Å². The number of benzene rings is 1. The Morgan fingerprint density at radius 3 is 2.91 bits per heavy atom. The van der Waals surface area contributed by atoms with Crippen LogP contribution in [-0.4, -0.2) is 42.4 Å². The summed E-state index contributed by atoms with van der Waals surface area (Å²) in [4.78, 5) is 24.8. The molecule has 0 aliphatic carbocycles. The molecule has 1 amide bonds. The van der Waals surface area contributed by atoms with Gasteiger partial charge in [0.15, 0.2) is 0 Å². The third-order valence-corrected chi connectivity index (χ3v) is 3.98. The molecule has 1 aromatic carbocycles. The van der Waals surface area contributed by atoms with Crippen molar-refractivity contribution in [2.45, 2.75) is 19.8 Å². The van der Waals surface area contributed by atoms with Gasteiger partial charge in [0.1, 0.15) is 11.4 Å². The Kier molecular flexibility index (Phi) is 5.07. The maximum absolute atomic E-state index is 13.6. The number of aryl methyl sites for hydroxylation is 1. The summed E-state index contributed by atoms with van der Waals surface area (Å²) in [5.41, 5.74) is -0.299. The summed E-state index contributed by atoms with van der Waals surface area (Å²) in [7, 11) is 1.85. The molecule has 2 rings (SSSR count). The smallest absolute Gasteiger partial charge is 0.285 e. The van der Waals surface area contributed by atoms with Gasteiger partial charge in [-0.05, 0) is 51.4 Å². The molecule has 0 bridgehead atoms. The zero-order valence-corrected chi connectivity index (χ0v) is 12.8. The van der Waals surface area contributed by atoms with Crippen LogP contribution in [0.5, 0.6) is 0 Å². The number of nitro groups is 1. The van der Waals surface area contributed by atoms with E-state index in [2.05, 4.69) is 5.32 Å². The van der Waals surface area contributed by atoms with Crippen molar-refractivity contribution in [3.63, 3.8) is 0 Å². The van der Waals surface area contributed by atoms with Gasteiger partial charge in [-0.2, -0.15) is 0 Å².